The number of rotatable bonds is 4. The van der Waals surface area contributed by atoms with Crippen LogP contribution in [0.4, 0.5) is 11.4 Å². The highest BCUT2D eigenvalue weighted by Crippen LogP contribution is 2.27. The van der Waals surface area contributed by atoms with Crippen LogP contribution in [0.15, 0.2) is 63.6 Å². The number of halogens is 1. The van der Waals surface area contributed by atoms with E-state index in [-0.39, 0.29) is 11.2 Å². The Morgan fingerprint density at radius 2 is 1.65 bits per heavy atom. The Bertz CT molecular complexity index is 880. The van der Waals surface area contributed by atoms with Gasteiger partial charge in [-0.05, 0) is 36.4 Å². The third kappa shape index (κ3) is 3.32. The number of aromatic nitrogens is 2. The van der Waals surface area contributed by atoms with Gasteiger partial charge in [-0.1, -0.05) is 23.7 Å². The molecule has 0 spiro atoms. The van der Waals surface area contributed by atoms with Crippen LogP contribution in [0.25, 0.3) is 11.3 Å². The summed E-state index contributed by atoms with van der Waals surface area (Å²) in [5, 5.41) is 14.1. The number of benzene rings is 2. The van der Waals surface area contributed by atoms with Crippen LogP contribution in [0.2, 0.25) is 5.02 Å². The molecular formula is C16H13ClN4O2. The van der Waals surface area contributed by atoms with E-state index in [1.165, 1.54) is 0 Å². The average Bonchev–Trinajstić information content (AvgIpc) is 2.95. The van der Waals surface area contributed by atoms with E-state index >= 15 is 0 Å². The fourth-order valence-corrected chi connectivity index (χ4v) is 2.15. The number of azo groups is 1. The van der Waals surface area contributed by atoms with Crippen molar-refractivity contribution in [1.29, 1.82) is 0 Å². The highest BCUT2D eigenvalue weighted by molar-refractivity contribution is 6.30. The topological polar surface area (TPSA) is 82.6 Å². The lowest BCUT2D eigenvalue weighted by Gasteiger charge is -1.99. The smallest absolute Gasteiger partial charge is 0.292 e. The third-order valence-corrected chi connectivity index (χ3v) is 3.48. The number of nitrogens with zero attached hydrogens (tertiary/aromatic N) is 2. The number of ether oxygens (including phenoxy) is 1. The Morgan fingerprint density at radius 3 is 2.30 bits per heavy atom. The second-order valence-corrected chi connectivity index (χ2v) is 5.14. The summed E-state index contributed by atoms with van der Waals surface area (Å²) in [5.41, 5.74) is 1.84. The van der Waals surface area contributed by atoms with Crippen molar-refractivity contribution in [2.75, 3.05) is 7.11 Å². The molecule has 0 saturated heterocycles. The summed E-state index contributed by atoms with van der Waals surface area (Å²) >= 11 is 5.88. The van der Waals surface area contributed by atoms with E-state index < -0.39 is 0 Å². The molecule has 0 saturated carbocycles. The van der Waals surface area contributed by atoms with E-state index in [0.717, 1.165) is 11.3 Å². The molecule has 7 heteroatoms. The van der Waals surface area contributed by atoms with Crippen molar-refractivity contribution < 1.29 is 4.74 Å². The van der Waals surface area contributed by atoms with Crippen molar-refractivity contribution in [3.05, 3.63) is 63.9 Å². The van der Waals surface area contributed by atoms with Crippen LogP contribution in [0.1, 0.15) is 0 Å². The minimum absolute atomic E-state index is 0.211. The van der Waals surface area contributed by atoms with Crippen LogP contribution >= 0.6 is 11.6 Å². The quantitative estimate of drug-likeness (QED) is 0.694. The summed E-state index contributed by atoms with van der Waals surface area (Å²) < 4.78 is 5.08. The Labute approximate surface area is 136 Å². The molecule has 0 atom stereocenters. The summed E-state index contributed by atoms with van der Waals surface area (Å²) in [6, 6.07) is 14.1. The minimum atomic E-state index is -0.341. The van der Waals surface area contributed by atoms with Gasteiger partial charge in [0.05, 0.1) is 18.5 Å². The summed E-state index contributed by atoms with van der Waals surface area (Å²) in [5.74, 6) is 0.727. The third-order valence-electron chi connectivity index (χ3n) is 3.22. The fraction of sp³-hybridized carbons (Fsp3) is 0.0625. The molecule has 2 aromatic carbocycles. The maximum absolute atomic E-state index is 11.9. The Hall–Kier alpha value is -2.86. The number of aromatic amines is 2. The molecule has 0 aliphatic heterocycles. The first-order chi connectivity index (χ1) is 11.2. The monoisotopic (exact) mass is 328 g/mol. The lowest BCUT2D eigenvalue weighted by Crippen LogP contribution is -1.96. The van der Waals surface area contributed by atoms with Crippen LogP contribution in [0.3, 0.4) is 0 Å². The van der Waals surface area contributed by atoms with Gasteiger partial charge < -0.3 is 4.74 Å². The molecule has 1 aromatic heterocycles. The van der Waals surface area contributed by atoms with Gasteiger partial charge in [-0.3, -0.25) is 15.0 Å². The van der Waals surface area contributed by atoms with E-state index in [1.807, 2.05) is 0 Å². The molecule has 6 nitrogen and oxygen atoms in total. The first kappa shape index (κ1) is 15.1. The van der Waals surface area contributed by atoms with Gasteiger partial charge in [-0.2, -0.15) is 5.11 Å². The zero-order valence-corrected chi connectivity index (χ0v) is 13.0. The second kappa shape index (κ2) is 6.50. The van der Waals surface area contributed by atoms with Gasteiger partial charge in [-0.15, -0.1) is 5.11 Å². The van der Waals surface area contributed by atoms with Crippen LogP contribution in [-0.2, 0) is 0 Å². The maximum Gasteiger partial charge on any atom is 0.292 e. The molecule has 3 rings (SSSR count). The van der Waals surface area contributed by atoms with Gasteiger partial charge in [0.15, 0.2) is 5.69 Å². The van der Waals surface area contributed by atoms with Crippen molar-refractivity contribution in [2.45, 2.75) is 0 Å². The van der Waals surface area contributed by atoms with Gasteiger partial charge in [-0.25, -0.2) is 0 Å². The molecule has 0 fully saturated rings. The first-order valence-corrected chi connectivity index (χ1v) is 7.17. The molecule has 23 heavy (non-hydrogen) atoms. The van der Waals surface area contributed by atoms with Crippen molar-refractivity contribution in [1.82, 2.24) is 10.2 Å². The lowest BCUT2D eigenvalue weighted by molar-refractivity contribution is 0.415. The van der Waals surface area contributed by atoms with Crippen molar-refractivity contribution in [2.24, 2.45) is 10.2 Å². The van der Waals surface area contributed by atoms with Gasteiger partial charge in [0.25, 0.3) is 5.56 Å². The molecule has 0 amide bonds. The van der Waals surface area contributed by atoms with E-state index in [2.05, 4.69) is 20.4 Å². The Balaban J connectivity index is 1.93. The van der Waals surface area contributed by atoms with Gasteiger partial charge >= 0.3 is 0 Å². The Morgan fingerprint density at radius 1 is 0.957 bits per heavy atom. The van der Waals surface area contributed by atoms with Crippen molar-refractivity contribution in [3.63, 3.8) is 0 Å². The molecule has 0 aliphatic rings. The standard InChI is InChI=1S/C16H13ClN4O2/c1-23-13-8-6-12(7-9-13)18-20-15-14(19-21-16(15)22)10-2-4-11(17)5-3-10/h2-9H,1H3,(H2,19,21,22). The largest absolute Gasteiger partial charge is 0.497 e. The van der Waals surface area contributed by atoms with Crippen LogP contribution in [0.5, 0.6) is 5.75 Å². The minimum Gasteiger partial charge on any atom is -0.497 e. The zero-order chi connectivity index (χ0) is 16.2. The van der Waals surface area contributed by atoms with Gasteiger partial charge in [0, 0.05) is 10.6 Å². The van der Waals surface area contributed by atoms with Crippen molar-refractivity contribution in [3.8, 4) is 17.0 Å². The van der Waals surface area contributed by atoms with E-state index in [0.29, 0.717) is 16.4 Å². The molecule has 116 valence electrons. The molecule has 2 N–H and O–H groups in total. The number of H-pyrrole nitrogens is 2. The van der Waals surface area contributed by atoms with Crippen molar-refractivity contribution >= 4 is 23.0 Å². The summed E-state index contributed by atoms with van der Waals surface area (Å²) in [6.07, 6.45) is 0. The van der Waals surface area contributed by atoms with E-state index in [1.54, 1.807) is 55.6 Å². The molecule has 1 heterocycles. The molecule has 0 radical (unpaired) electrons. The molecule has 0 bridgehead atoms. The molecular weight excluding hydrogens is 316 g/mol. The second-order valence-electron chi connectivity index (χ2n) is 4.71. The van der Waals surface area contributed by atoms with Gasteiger partial charge in [0.2, 0.25) is 0 Å². The maximum atomic E-state index is 11.9. The number of hydrogen-bond donors (Lipinski definition) is 2. The molecule has 0 unspecified atom stereocenters. The first-order valence-electron chi connectivity index (χ1n) is 6.80. The fourth-order valence-electron chi connectivity index (χ4n) is 2.03. The number of nitrogens with one attached hydrogen (secondary N) is 2. The predicted octanol–water partition coefficient (Wildman–Crippen LogP) is 4.45. The predicted molar refractivity (Wildman–Crippen MR) is 89.0 cm³/mol. The van der Waals surface area contributed by atoms with Gasteiger partial charge in [0.1, 0.15) is 5.75 Å². The van der Waals surface area contributed by atoms with Crippen LogP contribution in [0, 0.1) is 0 Å². The average molecular weight is 329 g/mol. The summed E-state index contributed by atoms with van der Waals surface area (Å²) in [6.45, 7) is 0. The number of hydrogen-bond acceptors (Lipinski definition) is 4. The molecule has 0 aliphatic carbocycles. The SMILES string of the molecule is COc1ccc(N=Nc2c(-c3ccc(Cl)cc3)[nH][nH]c2=O)cc1. The highest BCUT2D eigenvalue weighted by Gasteiger charge is 2.11. The lowest BCUT2D eigenvalue weighted by atomic mass is 10.1. The summed E-state index contributed by atoms with van der Waals surface area (Å²) in [4.78, 5) is 11.9. The number of methoxy groups -OCH3 is 1. The Kier molecular flexibility index (Phi) is 4.25. The van der Waals surface area contributed by atoms with Crippen LogP contribution in [-0.4, -0.2) is 17.3 Å². The normalized spacial score (nSPS) is 11.0. The highest BCUT2D eigenvalue weighted by atomic mass is 35.5. The molecule has 3 aromatic rings. The van der Waals surface area contributed by atoms with E-state index in [4.69, 9.17) is 16.3 Å². The summed E-state index contributed by atoms with van der Waals surface area (Å²) in [7, 11) is 1.59. The zero-order valence-electron chi connectivity index (χ0n) is 12.2. The van der Waals surface area contributed by atoms with Crippen LogP contribution < -0.4 is 10.3 Å². The van der Waals surface area contributed by atoms with E-state index in [9.17, 15) is 4.79 Å².